The van der Waals surface area contributed by atoms with Gasteiger partial charge in [-0.1, -0.05) is 60.7 Å². The number of hydrogen-bond donors (Lipinski definition) is 1. The third-order valence-electron chi connectivity index (χ3n) is 7.41. The summed E-state index contributed by atoms with van der Waals surface area (Å²) in [7, 11) is 0. The molecule has 3 aromatic carbocycles. The monoisotopic (exact) mass is 438 g/mol. The Morgan fingerprint density at radius 2 is 1.52 bits per heavy atom. The van der Waals surface area contributed by atoms with Gasteiger partial charge in [-0.05, 0) is 46.7 Å². The summed E-state index contributed by atoms with van der Waals surface area (Å²) in [5, 5.41) is 3.16. The number of nitrogens with zero attached hydrogens (tertiary/aromatic N) is 1. The second-order valence-electron chi connectivity index (χ2n) is 9.23. The molecule has 1 aliphatic heterocycles. The van der Waals surface area contributed by atoms with Crippen LogP contribution in [0.25, 0.3) is 0 Å². The van der Waals surface area contributed by atoms with Crippen molar-refractivity contribution in [1.29, 1.82) is 0 Å². The van der Waals surface area contributed by atoms with Crippen LogP contribution >= 0.6 is 0 Å². The van der Waals surface area contributed by atoms with Crippen molar-refractivity contribution in [3.05, 3.63) is 95.1 Å². The van der Waals surface area contributed by atoms with Gasteiger partial charge in [0.1, 0.15) is 5.75 Å². The Balaban J connectivity index is 1.22. The van der Waals surface area contributed by atoms with Crippen molar-refractivity contribution in [1.82, 2.24) is 5.32 Å². The van der Waals surface area contributed by atoms with Gasteiger partial charge in [0.25, 0.3) is 5.91 Å². The fraction of sp³-hybridized carbons (Fsp3) is 0.286. The number of nitrogens with one attached hydrogen (secondary N) is 1. The average molecular weight is 439 g/mol. The Morgan fingerprint density at radius 1 is 0.909 bits per heavy atom. The Hall–Kier alpha value is -3.60. The molecule has 2 bridgehead atoms. The lowest BCUT2D eigenvalue weighted by Crippen LogP contribution is -2.51. The molecule has 0 spiro atoms. The van der Waals surface area contributed by atoms with Gasteiger partial charge in [0.05, 0.1) is 12.2 Å². The second-order valence-corrected chi connectivity index (χ2v) is 9.23. The molecule has 0 saturated heterocycles. The topological polar surface area (TPSA) is 58.6 Å². The molecule has 7 rings (SSSR count). The number of carbonyl (C=O) groups excluding carboxylic acids is 2. The highest BCUT2D eigenvalue weighted by molar-refractivity contribution is 5.95. The minimum absolute atomic E-state index is 0.0960. The Labute approximate surface area is 193 Å². The lowest BCUT2D eigenvalue weighted by atomic mass is 9.59. The number of anilines is 1. The maximum atomic E-state index is 13.1. The van der Waals surface area contributed by atoms with Crippen molar-refractivity contribution in [2.45, 2.75) is 31.3 Å². The van der Waals surface area contributed by atoms with E-state index in [2.05, 4.69) is 53.8 Å². The summed E-state index contributed by atoms with van der Waals surface area (Å²) >= 11 is 0. The van der Waals surface area contributed by atoms with Gasteiger partial charge < -0.3 is 15.0 Å². The van der Waals surface area contributed by atoms with E-state index in [0.717, 1.165) is 6.42 Å². The van der Waals surface area contributed by atoms with Crippen LogP contribution in [0.5, 0.6) is 5.75 Å². The van der Waals surface area contributed by atoms with E-state index in [4.69, 9.17) is 4.74 Å². The minimum atomic E-state index is -0.718. The number of rotatable bonds is 3. The van der Waals surface area contributed by atoms with Crippen LogP contribution in [0, 0.1) is 5.92 Å². The molecule has 0 radical (unpaired) electrons. The minimum Gasteiger partial charge on any atom is -0.477 e. The zero-order chi connectivity index (χ0) is 22.5. The van der Waals surface area contributed by atoms with Crippen molar-refractivity contribution in [2.24, 2.45) is 5.92 Å². The third kappa shape index (κ3) is 3.22. The number of carbonyl (C=O) groups is 2. The lowest BCUT2D eigenvalue weighted by Gasteiger charge is -2.45. The van der Waals surface area contributed by atoms with Crippen LogP contribution in [0.4, 0.5) is 5.69 Å². The maximum Gasteiger partial charge on any atom is 0.262 e. The van der Waals surface area contributed by atoms with E-state index in [-0.39, 0.29) is 24.3 Å². The largest absolute Gasteiger partial charge is 0.477 e. The average Bonchev–Trinajstić information content (AvgIpc) is 2.86. The van der Waals surface area contributed by atoms with Crippen LogP contribution in [-0.4, -0.2) is 31.0 Å². The molecule has 1 heterocycles. The van der Waals surface area contributed by atoms with Crippen molar-refractivity contribution in [3.8, 4) is 5.75 Å². The van der Waals surface area contributed by atoms with E-state index >= 15 is 0 Å². The maximum absolute atomic E-state index is 13.1. The SMILES string of the molecule is CC(=O)N1CC(C(=O)NCC2CC3c4ccccc4C2c2ccccc23)Oc2ccccc21. The molecule has 5 nitrogen and oxygen atoms in total. The molecule has 2 atom stereocenters. The highest BCUT2D eigenvalue weighted by atomic mass is 16.5. The summed E-state index contributed by atoms with van der Waals surface area (Å²) in [5.41, 5.74) is 6.34. The Kier molecular flexibility index (Phi) is 4.72. The molecule has 0 fully saturated rings. The number of para-hydroxylation sites is 2. The first-order valence-corrected chi connectivity index (χ1v) is 11.6. The van der Waals surface area contributed by atoms with E-state index in [1.54, 1.807) is 11.0 Å². The predicted molar refractivity (Wildman–Crippen MR) is 127 cm³/mol. The van der Waals surface area contributed by atoms with Crippen LogP contribution in [0.2, 0.25) is 0 Å². The number of fused-ring (bicyclic) bond motifs is 2. The van der Waals surface area contributed by atoms with Crippen LogP contribution in [0.1, 0.15) is 47.4 Å². The first-order chi connectivity index (χ1) is 16.1. The van der Waals surface area contributed by atoms with Gasteiger partial charge in [-0.2, -0.15) is 0 Å². The summed E-state index contributed by atoms with van der Waals surface area (Å²) in [6.45, 7) is 2.33. The molecule has 4 aliphatic rings. The molecule has 3 aliphatic carbocycles. The zero-order valence-electron chi connectivity index (χ0n) is 18.5. The van der Waals surface area contributed by atoms with E-state index < -0.39 is 6.10 Å². The molecule has 1 N–H and O–H groups in total. The molecular weight excluding hydrogens is 412 g/mol. The highest BCUT2D eigenvalue weighted by Gasteiger charge is 2.43. The number of amides is 2. The molecule has 33 heavy (non-hydrogen) atoms. The fourth-order valence-electron chi connectivity index (χ4n) is 5.97. The van der Waals surface area contributed by atoms with Crippen LogP contribution in [0.15, 0.2) is 72.8 Å². The summed E-state index contributed by atoms with van der Waals surface area (Å²) in [5.74, 6) is 1.28. The predicted octanol–water partition coefficient (Wildman–Crippen LogP) is 4.21. The second kappa shape index (κ2) is 7.77. The molecule has 5 heteroatoms. The van der Waals surface area contributed by atoms with Gasteiger partial charge >= 0.3 is 0 Å². The smallest absolute Gasteiger partial charge is 0.262 e. The lowest BCUT2D eigenvalue weighted by molar-refractivity contribution is -0.128. The number of benzene rings is 3. The number of hydrogen-bond acceptors (Lipinski definition) is 3. The normalized spacial score (nSPS) is 24.2. The Bertz CT molecular complexity index is 1210. The van der Waals surface area contributed by atoms with Crippen LogP contribution < -0.4 is 15.0 Å². The standard InChI is InChI=1S/C28H26N2O3/c1-17(31)30-16-26(33-25-13-7-6-12-24(25)30)28(32)29-15-18-14-23-19-8-2-4-10-21(19)27(18)22-11-5-3-9-20(22)23/h2-13,18,23,26-27H,14-16H2,1H3,(H,29,32). The molecule has 2 unspecified atom stereocenters. The highest BCUT2D eigenvalue weighted by Crippen LogP contribution is 2.55. The van der Waals surface area contributed by atoms with E-state index in [1.165, 1.54) is 29.2 Å². The van der Waals surface area contributed by atoms with E-state index in [1.807, 2.05) is 18.2 Å². The summed E-state index contributed by atoms with van der Waals surface area (Å²) in [6, 6.07) is 24.8. The number of ether oxygens (including phenoxy) is 1. The summed E-state index contributed by atoms with van der Waals surface area (Å²) in [4.78, 5) is 27.0. The van der Waals surface area contributed by atoms with Gasteiger partial charge in [0.15, 0.2) is 6.10 Å². The Morgan fingerprint density at radius 3 is 2.18 bits per heavy atom. The van der Waals surface area contributed by atoms with Gasteiger partial charge in [-0.25, -0.2) is 0 Å². The summed E-state index contributed by atoms with van der Waals surface area (Å²) in [6.07, 6.45) is 0.302. The van der Waals surface area contributed by atoms with Gasteiger partial charge in [0, 0.05) is 25.3 Å². The van der Waals surface area contributed by atoms with Gasteiger partial charge in [0.2, 0.25) is 5.91 Å². The molecular formula is C28H26N2O3. The molecule has 0 aromatic heterocycles. The first kappa shape index (κ1) is 20.0. The van der Waals surface area contributed by atoms with Crippen molar-refractivity contribution in [3.63, 3.8) is 0 Å². The molecule has 166 valence electrons. The van der Waals surface area contributed by atoms with Gasteiger partial charge in [-0.3, -0.25) is 9.59 Å². The molecule has 2 amide bonds. The van der Waals surface area contributed by atoms with Crippen molar-refractivity contribution in [2.75, 3.05) is 18.0 Å². The van der Waals surface area contributed by atoms with Crippen LogP contribution in [0.3, 0.4) is 0 Å². The quantitative estimate of drug-likeness (QED) is 0.666. The molecule has 3 aromatic rings. The van der Waals surface area contributed by atoms with Crippen molar-refractivity contribution < 1.29 is 14.3 Å². The van der Waals surface area contributed by atoms with Crippen LogP contribution in [-0.2, 0) is 9.59 Å². The first-order valence-electron chi connectivity index (χ1n) is 11.6. The van der Waals surface area contributed by atoms with E-state index in [0.29, 0.717) is 29.8 Å². The molecule has 0 saturated carbocycles. The third-order valence-corrected chi connectivity index (χ3v) is 7.41. The zero-order valence-corrected chi connectivity index (χ0v) is 18.5. The fourth-order valence-corrected chi connectivity index (χ4v) is 5.97. The van der Waals surface area contributed by atoms with E-state index in [9.17, 15) is 9.59 Å². The van der Waals surface area contributed by atoms with Crippen molar-refractivity contribution >= 4 is 17.5 Å². The summed E-state index contributed by atoms with van der Waals surface area (Å²) < 4.78 is 5.98. The van der Waals surface area contributed by atoms with Gasteiger partial charge in [-0.15, -0.1) is 0 Å².